The summed E-state index contributed by atoms with van der Waals surface area (Å²) in [5.41, 5.74) is 0.580. The molecule has 0 aliphatic carbocycles. The molecule has 6 heteroatoms. The number of carbonyl (C=O) groups is 2. The maximum Gasteiger partial charge on any atom is 0.335 e. The molecule has 1 aromatic rings. The molecule has 1 atom stereocenters. The topological polar surface area (TPSA) is 75.6 Å². The first-order valence-electron chi connectivity index (χ1n) is 5.75. The van der Waals surface area contributed by atoms with Gasteiger partial charge in [0.25, 0.3) is 0 Å². The zero-order chi connectivity index (χ0) is 14.4. The maximum atomic E-state index is 11.8. The molecule has 0 spiro atoms. The number of amides is 1. The summed E-state index contributed by atoms with van der Waals surface area (Å²) in [7, 11) is 1.59. The van der Waals surface area contributed by atoms with Crippen LogP contribution in [0.2, 0.25) is 0 Å². The fourth-order valence-electron chi connectivity index (χ4n) is 1.66. The number of aromatic carboxylic acids is 1. The highest BCUT2D eigenvalue weighted by molar-refractivity contribution is 9.10. The Balaban J connectivity index is 2.71. The van der Waals surface area contributed by atoms with E-state index in [0.717, 1.165) is 0 Å². The monoisotopic (exact) mass is 329 g/mol. The summed E-state index contributed by atoms with van der Waals surface area (Å²) in [4.78, 5) is 22.7. The van der Waals surface area contributed by atoms with E-state index in [-0.39, 0.29) is 17.4 Å². The number of hydrogen-bond donors (Lipinski definition) is 2. The predicted octanol–water partition coefficient (Wildman–Crippen LogP) is 2.76. The van der Waals surface area contributed by atoms with E-state index in [1.165, 1.54) is 12.1 Å². The fraction of sp³-hybridized carbons (Fsp3) is 0.385. The van der Waals surface area contributed by atoms with Gasteiger partial charge in [0.1, 0.15) is 0 Å². The molecule has 1 rings (SSSR count). The minimum Gasteiger partial charge on any atom is -0.478 e. The second-order valence-electron chi connectivity index (χ2n) is 4.35. The molecule has 0 saturated carbocycles. The van der Waals surface area contributed by atoms with Gasteiger partial charge in [-0.25, -0.2) is 4.79 Å². The molecular formula is C13H16BrNO4. The van der Waals surface area contributed by atoms with Crippen LogP contribution in [0.5, 0.6) is 0 Å². The normalized spacial score (nSPS) is 11.9. The molecule has 0 aliphatic heterocycles. The van der Waals surface area contributed by atoms with Gasteiger partial charge < -0.3 is 15.2 Å². The summed E-state index contributed by atoms with van der Waals surface area (Å²) < 4.78 is 5.56. The number of halogens is 1. The van der Waals surface area contributed by atoms with E-state index in [4.69, 9.17) is 9.84 Å². The van der Waals surface area contributed by atoms with Gasteiger partial charge in [-0.15, -0.1) is 0 Å². The van der Waals surface area contributed by atoms with Crippen LogP contribution in [0.3, 0.4) is 0 Å². The summed E-state index contributed by atoms with van der Waals surface area (Å²) >= 11 is 3.21. The number of benzene rings is 1. The second kappa shape index (κ2) is 7.25. The third-order valence-electron chi connectivity index (χ3n) is 2.41. The van der Waals surface area contributed by atoms with Crippen LogP contribution in [-0.4, -0.2) is 30.7 Å². The number of carbonyl (C=O) groups excluding carboxylic acids is 1. The number of methoxy groups -OCH3 is 1. The summed E-state index contributed by atoms with van der Waals surface area (Å²) in [5, 5.41) is 11.6. The number of carboxylic acids is 1. The number of nitrogens with one attached hydrogen (secondary N) is 1. The van der Waals surface area contributed by atoms with E-state index in [0.29, 0.717) is 23.2 Å². The van der Waals surface area contributed by atoms with Crippen LogP contribution in [0.4, 0.5) is 5.69 Å². The molecule has 19 heavy (non-hydrogen) atoms. The Morgan fingerprint density at radius 3 is 2.68 bits per heavy atom. The SMILES string of the molecule is COCC(C)CC(=O)Nc1cc(Br)cc(C(=O)O)c1. The van der Waals surface area contributed by atoms with Gasteiger partial charge in [0, 0.05) is 30.3 Å². The number of rotatable bonds is 6. The molecule has 0 saturated heterocycles. The van der Waals surface area contributed by atoms with E-state index in [2.05, 4.69) is 21.2 Å². The standard InChI is InChI=1S/C13H16BrNO4/c1-8(7-19-2)3-12(16)15-11-5-9(13(17)18)4-10(14)6-11/h4-6,8H,3,7H2,1-2H3,(H,15,16)(H,17,18). The van der Waals surface area contributed by atoms with Crippen molar-refractivity contribution in [1.29, 1.82) is 0 Å². The summed E-state index contributed by atoms with van der Waals surface area (Å²) in [6, 6.07) is 4.56. The van der Waals surface area contributed by atoms with E-state index < -0.39 is 5.97 Å². The Morgan fingerprint density at radius 2 is 2.11 bits per heavy atom. The molecule has 5 nitrogen and oxygen atoms in total. The highest BCUT2D eigenvalue weighted by Crippen LogP contribution is 2.20. The van der Waals surface area contributed by atoms with Crippen molar-refractivity contribution >= 4 is 33.5 Å². The molecular weight excluding hydrogens is 314 g/mol. The van der Waals surface area contributed by atoms with Crippen molar-refractivity contribution in [2.75, 3.05) is 19.0 Å². The van der Waals surface area contributed by atoms with Crippen molar-refractivity contribution in [3.8, 4) is 0 Å². The van der Waals surface area contributed by atoms with Gasteiger partial charge in [0.15, 0.2) is 0 Å². The zero-order valence-corrected chi connectivity index (χ0v) is 12.4. The Hall–Kier alpha value is -1.40. The van der Waals surface area contributed by atoms with Crippen LogP contribution in [0.15, 0.2) is 22.7 Å². The first-order chi connectivity index (χ1) is 8.92. The Bertz CT molecular complexity index is 476. The molecule has 1 amide bonds. The van der Waals surface area contributed by atoms with E-state index in [1.54, 1.807) is 13.2 Å². The molecule has 0 aliphatic rings. The molecule has 104 valence electrons. The largest absolute Gasteiger partial charge is 0.478 e. The molecule has 2 N–H and O–H groups in total. The average molecular weight is 330 g/mol. The Morgan fingerprint density at radius 1 is 1.42 bits per heavy atom. The van der Waals surface area contributed by atoms with Crippen molar-refractivity contribution in [3.63, 3.8) is 0 Å². The quantitative estimate of drug-likeness (QED) is 0.841. The van der Waals surface area contributed by atoms with Gasteiger partial charge in [-0.1, -0.05) is 22.9 Å². The summed E-state index contributed by atoms with van der Waals surface area (Å²) in [6.45, 7) is 2.42. The van der Waals surface area contributed by atoms with Gasteiger partial charge in [-0.05, 0) is 24.1 Å². The third-order valence-corrected chi connectivity index (χ3v) is 2.87. The molecule has 0 radical (unpaired) electrons. The lowest BCUT2D eigenvalue weighted by molar-refractivity contribution is -0.117. The van der Waals surface area contributed by atoms with Crippen molar-refractivity contribution in [1.82, 2.24) is 0 Å². The van der Waals surface area contributed by atoms with Gasteiger partial charge in [-0.3, -0.25) is 4.79 Å². The minimum atomic E-state index is -1.04. The zero-order valence-electron chi connectivity index (χ0n) is 10.8. The number of ether oxygens (including phenoxy) is 1. The summed E-state index contributed by atoms with van der Waals surface area (Å²) in [6.07, 6.45) is 0.322. The van der Waals surface area contributed by atoms with Gasteiger partial charge in [0.05, 0.1) is 5.56 Å². The van der Waals surface area contributed by atoms with Crippen molar-refractivity contribution in [2.45, 2.75) is 13.3 Å². The molecule has 0 fully saturated rings. The predicted molar refractivity (Wildman–Crippen MR) is 75.4 cm³/mol. The van der Waals surface area contributed by atoms with Crippen molar-refractivity contribution in [2.24, 2.45) is 5.92 Å². The third kappa shape index (κ3) is 5.40. The van der Waals surface area contributed by atoms with Crippen LogP contribution < -0.4 is 5.32 Å². The van der Waals surface area contributed by atoms with Crippen molar-refractivity contribution < 1.29 is 19.4 Å². The van der Waals surface area contributed by atoms with Crippen LogP contribution >= 0.6 is 15.9 Å². The fourth-order valence-corrected chi connectivity index (χ4v) is 2.15. The van der Waals surface area contributed by atoms with Crippen LogP contribution in [0.25, 0.3) is 0 Å². The van der Waals surface area contributed by atoms with E-state index in [1.807, 2.05) is 6.92 Å². The van der Waals surface area contributed by atoms with Gasteiger partial charge in [0.2, 0.25) is 5.91 Å². The smallest absolute Gasteiger partial charge is 0.335 e. The van der Waals surface area contributed by atoms with E-state index >= 15 is 0 Å². The highest BCUT2D eigenvalue weighted by Gasteiger charge is 2.11. The lowest BCUT2D eigenvalue weighted by atomic mass is 10.1. The molecule has 1 aromatic carbocycles. The maximum absolute atomic E-state index is 11.8. The lowest BCUT2D eigenvalue weighted by Gasteiger charge is -2.11. The Kier molecular flexibility index (Phi) is 5.98. The van der Waals surface area contributed by atoms with Crippen LogP contribution in [-0.2, 0) is 9.53 Å². The van der Waals surface area contributed by atoms with Gasteiger partial charge in [-0.2, -0.15) is 0 Å². The first kappa shape index (κ1) is 15.7. The molecule has 0 heterocycles. The number of hydrogen-bond acceptors (Lipinski definition) is 3. The number of anilines is 1. The Labute approximate surface area is 120 Å². The minimum absolute atomic E-state index is 0.107. The van der Waals surface area contributed by atoms with E-state index in [9.17, 15) is 9.59 Å². The second-order valence-corrected chi connectivity index (χ2v) is 5.26. The van der Waals surface area contributed by atoms with Crippen molar-refractivity contribution in [3.05, 3.63) is 28.2 Å². The average Bonchev–Trinajstić information content (AvgIpc) is 2.27. The summed E-state index contributed by atoms with van der Waals surface area (Å²) in [5.74, 6) is -1.10. The van der Waals surface area contributed by atoms with Crippen LogP contribution in [0.1, 0.15) is 23.7 Å². The van der Waals surface area contributed by atoms with Gasteiger partial charge >= 0.3 is 5.97 Å². The lowest BCUT2D eigenvalue weighted by Crippen LogP contribution is -2.17. The highest BCUT2D eigenvalue weighted by atomic mass is 79.9. The molecule has 0 bridgehead atoms. The molecule has 0 aromatic heterocycles. The molecule has 1 unspecified atom stereocenters. The first-order valence-corrected chi connectivity index (χ1v) is 6.54. The van der Waals surface area contributed by atoms with Crippen LogP contribution in [0, 0.1) is 5.92 Å². The number of carboxylic acid groups (broad SMARTS) is 1.